The summed E-state index contributed by atoms with van der Waals surface area (Å²) in [6.07, 6.45) is 1.59. The highest BCUT2D eigenvalue weighted by Gasteiger charge is 2.27. The van der Waals surface area contributed by atoms with E-state index in [1.165, 1.54) is 11.4 Å². The summed E-state index contributed by atoms with van der Waals surface area (Å²) < 4.78 is 34.4. The van der Waals surface area contributed by atoms with Crippen molar-refractivity contribution in [3.8, 4) is 17.0 Å². The first-order valence-electron chi connectivity index (χ1n) is 8.47. The zero-order valence-electron chi connectivity index (χ0n) is 15.7. The van der Waals surface area contributed by atoms with Crippen molar-refractivity contribution < 1.29 is 13.2 Å². The van der Waals surface area contributed by atoms with E-state index in [9.17, 15) is 8.42 Å². The molecule has 1 aromatic carbocycles. The standard InChI is InChI=1S/C17H22N6O3S/c1-5-23(6-2)27(24,25)14-9-11(7-8-13(14)26-4)15-12-10-19-17(18)20-16(12)22(3)21-15/h7-10H,5-6H2,1-4H3,(H2,18,19,20). The molecule has 144 valence electrons. The first-order chi connectivity index (χ1) is 12.8. The van der Waals surface area contributed by atoms with Gasteiger partial charge in [0.15, 0.2) is 5.65 Å². The minimum atomic E-state index is -3.71. The van der Waals surface area contributed by atoms with Crippen LogP contribution in [0.3, 0.4) is 0 Å². The summed E-state index contributed by atoms with van der Waals surface area (Å²) in [4.78, 5) is 8.32. The summed E-state index contributed by atoms with van der Waals surface area (Å²) in [5, 5.41) is 5.16. The van der Waals surface area contributed by atoms with Gasteiger partial charge in [-0.2, -0.15) is 14.4 Å². The molecule has 0 radical (unpaired) electrons. The first kappa shape index (κ1) is 19.1. The predicted octanol–water partition coefficient (Wildman–Crippen LogP) is 1.65. The van der Waals surface area contributed by atoms with Crippen LogP contribution < -0.4 is 10.5 Å². The average Bonchev–Trinajstić information content (AvgIpc) is 2.98. The van der Waals surface area contributed by atoms with Crippen LogP contribution in [0.5, 0.6) is 5.75 Å². The van der Waals surface area contributed by atoms with Gasteiger partial charge in [0.2, 0.25) is 16.0 Å². The number of aromatic nitrogens is 4. The van der Waals surface area contributed by atoms with E-state index in [1.54, 1.807) is 50.0 Å². The Hall–Kier alpha value is -2.72. The molecule has 0 amide bonds. The van der Waals surface area contributed by atoms with Crippen LogP contribution in [0, 0.1) is 0 Å². The minimum Gasteiger partial charge on any atom is -0.495 e. The van der Waals surface area contributed by atoms with Crippen LogP contribution in [0.4, 0.5) is 5.95 Å². The van der Waals surface area contributed by atoms with E-state index in [-0.39, 0.29) is 16.6 Å². The van der Waals surface area contributed by atoms with Gasteiger partial charge in [-0.05, 0) is 18.2 Å². The SMILES string of the molecule is CCN(CC)S(=O)(=O)c1cc(-c2nn(C)c3nc(N)ncc23)ccc1OC. The fourth-order valence-corrected chi connectivity index (χ4v) is 4.63. The molecule has 2 N–H and O–H groups in total. The van der Waals surface area contributed by atoms with Crippen molar-refractivity contribution in [1.29, 1.82) is 0 Å². The third-order valence-electron chi connectivity index (χ3n) is 4.36. The van der Waals surface area contributed by atoms with Crippen molar-refractivity contribution in [2.75, 3.05) is 25.9 Å². The van der Waals surface area contributed by atoms with Crippen molar-refractivity contribution in [1.82, 2.24) is 24.1 Å². The Kier molecular flexibility index (Phi) is 5.03. The molecule has 3 rings (SSSR count). The summed E-state index contributed by atoms with van der Waals surface area (Å²) in [5.74, 6) is 0.433. The Morgan fingerprint density at radius 2 is 1.96 bits per heavy atom. The van der Waals surface area contributed by atoms with Crippen LogP contribution in [0.2, 0.25) is 0 Å². The van der Waals surface area contributed by atoms with E-state index >= 15 is 0 Å². The molecule has 2 heterocycles. The van der Waals surface area contributed by atoms with Gasteiger partial charge < -0.3 is 10.5 Å². The summed E-state index contributed by atoms with van der Waals surface area (Å²) in [7, 11) is -0.512. The number of hydrogen-bond acceptors (Lipinski definition) is 7. The molecule has 3 aromatic rings. The lowest BCUT2D eigenvalue weighted by Gasteiger charge is -2.20. The molecule has 0 saturated heterocycles. The molecular formula is C17H22N6O3S. The van der Waals surface area contributed by atoms with Crippen molar-refractivity contribution in [2.24, 2.45) is 7.05 Å². The Labute approximate surface area is 157 Å². The van der Waals surface area contributed by atoms with Gasteiger partial charge in [0.05, 0.1) is 12.5 Å². The molecule has 0 fully saturated rings. The van der Waals surface area contributed by atoms with Gasteiger partial charge in [0.1, 0.15) is 16.3 Å². The fourth-order valence-electron chi connectivity index (χ4n) is 2.99. The quantitative estimate of drug-likeness (QED) is 0.680. The number of benzene rings is 1. The van der Waals surface area contributed by atoms with Crippen LogP contribution in [0.25, 0.3) is 22.3 Å². The molecule has 0 aliphatic rings. The summed E-state index contributed by atoms with van der Waals surface area (Å²) in [6.45, 7) is 4.33. The number of hydrogen-bond donors (Lipinski definition) is 1. The van der Waals surface area contributed by atoms with Crippen LogP contribution in [0.1, 0.15) is 13.8 Å². The molecule has 0 unspecified atom stereocenters. The van der Waals surface area contributed by atoms with E-state index < -0.39 is 10.0 Å². The number of methoxy groups -OCH3 is 1. The third kappa shape index (κ3) is 3.21. The zero-order valence-corrected chi connectivity index (χ0v) is 16.5. The number of nitrogens with zero attached hydrogens (tertiary/aromatic N) is 5. The van der Waals surface area contributed by atoms with E-state index in [1.807, 2.05) is 0 Å². The summed E-state index contributed by atoms with van der Waals surface area (Å²) >= 11 is 0. The molecule has 27 heavy (non-hydrogen) atoms. The second kappa shape index (κ2) is 7.12. The molecule has 0 bridgehead atoms. The fraction of sp³-hybridized carbons (Fsp3) is 0.353. The Morgan fingerprint density at radius 3 is 2.59 bits per heavy atom. The van der Waals surface area contributed by atoms with Crippen LogP contribution in [-0.2, 0) is 17.1 Å². The molecular weight excluding hydrogens is 368 g/mol. The first-order valence-corrected chi connectivity index (χ1v) is 9.91. The second-order valence-corrected chi connectivity index (χ2v) is 7.80. The van der Waals surface area contributed by atoms with Crippen molar-refractivity contribution in [3.63, 3.8) is 0 Å². The van der Waals surface area contributed by atoms with Crippen molar-refractivity contribution in [2.45, 2.75) is 18.7 Å². The van der Waals surface area contributed by atoms with Crippen molar-refractivity contribution in [3.05, 3.63) is 24.4 Å². The van der Waals surface area contributed by atoms with Gasteiger partial charge in [-0.25, -0.2) is 18.1 Å². The van der Waals surface area contributed by atoms with Crippen LogP contribution in [-0.4, -0.2) is 52.7 Å². The average molecular weight is 390 g/mol. The highest BCUT2D eigenvalue weighted by atomic mass is 32.2. The Morgan fingerprint density at radius 1 is 1.26 bits per heavy atom. The number of sulfonamides is 1. The van der Waals surface area contributed by atoms with Crippen LogP contribution in [0.15, 0.2) is 29.3 Å². The van der Waals surface area contributed by atoms with Gasteiger partial charge >= 0.3 is 0 Å². The number of anilines is 1. The maximum Gasteiger partial charge on any atom is 0.246 e. The third-order valence-corrected chi connectivity index (χ3v) is 6.43. The highest BCUT2D eigenvalue weighted by molar-refractivity contribution is 7.89. The maximum absolute atomic E-state index is 13.1. The topological polar surface area (TPSA) is 116 Å². The molecule has 0 aliphatic carbocycles. The summed E-state index contributed by atoms with van der Waals surface area (Å²) in [5.41, 5.74) is 7.43. The monoisotopic (exact) mass is 390 g/mol. The molecule has 9 nitrogen and oxygen atoms in total. The Balaban J connectivity index is 2.23. The van der Waals surface area contributed by atoms with Gasteiger partial charge in [-0.15, -0.1) is 0 Å². The van der Waals surface area contributed by atoms with Crippen molar-refractivity contribution >= 4 is 27.0 Å². The minimum absolute atomic E-state index is 0.0985. The van der Waals surface area contributed by atoms with E-state index in [0.29, 0.717) is 35.4 Å². The molecule has 0 aliphatic heterocycles. The summed E-state index contributed by atoms with van der Waals surface area (Å²) in [6, 6.07) is 4.97. The largest absolute Gasteiger partial charge is 0.495 e. The van der Waals surface area contributed by atoms with Gasteiger partial charge in [0, 0.05) is 31.9 Å². The number of rotatable bonds is 6. The van der Waals surface area contributed by atoms with E-state index in [2.05, 4.69) is 15.1 Å². The van der Waals surface area contributed by atoms with Gasteiger partial charge in [0.25, 0.3) is 0 Å². The highest BCUT2D eigenvalue weighted by Crippen LogP contribution is 2.33. The molecule has 0 saturated carbocycles. The van der Waals surface area contributed by atoms with E-state index in [4.69, 9.17) is 10.5 Å². The second-order valence-electron chi connectivity index (χ2n) is 5.89. The van der Waals surface area contributed by atoms with Gasteiger partial charge in [-0.1, -0.05) is 13.8 Å². The molecule has 0 spiro atoms. The predicted molar refractivity (Wildman–Crippen MR) is 103 cm³/mol. The van der Waals surface area contributed by atoms with Crippen LogP contribution >= 0.6 is 0 Å². The number of nitrogens with two attached hydrogens (primary N) is 1. The molecule has 10 heteroatoms. The Bertz CT molecular complexity index is 1090. The zero-order chi connectivity index (χ0) is 19.8. The number of nitrogen functional groups attached to an aromatic ring is 1. The number of fused-ring (bicyclic) bond motifs is 1. The maximum atomic E-state index is 13.1. The lowest BCUT2D eigenvalue weighted by molar-refractivity contribution is 0.395. The van der Waals surface area contributed by atoms with E-state index in [0.717, 1.165) is 0 Å². The molecule has 2 aromatic heterocycles. The smallest absolute Gasteiger partial charge is 0.246 e. The van der Waals surface area contributed by atoms with Gasteiger partial charge in [-0.3, -0.25) is 0 Å². The lowest BCUT2D eigenvalue weighted by atomic mass is 10.1. The normalized spacial score (nSPS) is 12.0. The number of aryl methyl sites for hydroxylation is 1. The number of ether oxygens (including phenoxy) is 1. The molecule has 0 atom stereocenters. The lowest BCUT2D eigenvalue weighted by Crippen LogP contribution is -2.30.